The van der Waals surface area contributed by atoms with Gasteiger partial charge in [0.25, 0.3) is 0 Å². The summed E-state index contributed by atoms with van der Waals surface area (Å²) in [7, 11) is 1.75. The standard InChI is InChI=1S/C24H33FN4O2/c1-19-16-22(25)7-6-21(19)8-9-27-24(26-2)28-18-20-4-3-5-23(17-20)31-15-12-29-10-13-30-14-11-29/h3-7,16-17H,8-15,18H2,1-2H3,(H2,26,27,28). The zero-order valence-corrected chi connectivity index (χ0v) is 18.5. The fraction of sp³-hybridized carbons (Fsp3) is 0.458. The van der Waals surface area contributed by atoms with E-state index in [2.05, 4.69) is 32.7 Å². The number of guanidine groups is 1. The summed E-state index contributed by atoms with van der Waals surface area (Å²) in [5, 5.41) is 6.65. The Morgan fingerprint density at radius 2 is 2.00 bits per heavy atom. The second kappa shape index (κ2) is 12.3. The summed E-state index contributed by atoms with van der Waals surface area (Å²) in [6.07, 6.45) is 0.805. The molecule has 0 spiro atoms. The van der Waals surface area contributed by atoms with Gasteiger partial charge in [0.2, 0.25) is 0 Å². The molecule has 6 nitrogen and oxygen atoms in total. The summed E-state index contributed by atoms with van der Waals surface area (Å²) in [5.41, 5.74) is 3.22. The van der Waals surface area contributed by atoms with Crippen LogP contribution in [0.15, 0.2) is 47.5 Å². The van der Waals surface area contributed by atoms with Crippen LogP contribution in [0.25, 0.3) is 0 Å². The Morgan fingerprint density at radius 1 is 1.16 bits per heavy atom. The SMILES string of the molecule is CN=C(NCCc1ccc(F)cc1C)NCc1cccc(OCCN2CCOCC2)c1. The van der Waals surface area contributed by atoms with Crippen molar-refractivity contribution < 1.29 is 13.9 Å². The van der Waals surface area contributed by atoms with Gasteiger partial charge in [0.15, 0.2) is 5.96 Å². The minimum Gasteiger partial charge on any atom is -0.492 e. The average molecular weight is 429 g/mol. The molecule has 0 bridgehead atoms. The Hall–Kier alpha value is -2.64. The van der Waals surface area contributed by atoms with Crippen LogP contribution in [-0.2, 0) is 17.7 Å². The molecule has 7 heteroatoms. The predicted octanol–water partition coefficient (Wildman–Crippen LogP) is 2.75. The first-order valence-corrected chi connectivity index (χ1v) is 10.9. The summed E-state index contributed by atoms with van der Waals surface area (Å²) in [5.74, 6) is 1.42. The van der Waals surface area contributed by atoms with Gasteiger partial charge in [-0.05, 0) is 54.3 Å². The molecule has 0 amide bonds. The van der Waals surface area contributed by atoms with Gasteiger partial charge in [0, 0.05) is 39.8 Å². The fourth-order valence-corrected chi connectivity index (χ4v) is 3.52. The average Bonchev–Trinajstić information content (AvgIpc) is 2.78. The maximum atomic E-state index is 13.2. The molecule has 1 fully saturated rings. The third kappa shape index (κ3) is 7.84. The van der Waals surface area contributed by atoms with Crippen molar-refractivity contribution in [1.29, 1.82) is 0 Å². The number of morpholine rings is 1. The lowest BCUT2D eigenvalue weighted by Crippen LogP contribution is -2.38. The maximum Gasteiger partial charge on any atom is 0.191 e. The highest BCUT2D eigenvalue weighted by atomic mass is 19.1. The quantitative estimate of drug-likeness (QED) is 0.475. The lowest BCUT2D eigenvalue weighted by Gasteiger charge is -2.26. The van der Waals surface area contributed by atoms with Crippen molar-refractivity contribution in [3.8, 4) is 5.75 Å². The number of benzene rings is 2. The Morgan fingerprint density at radius 3 is 2.77 bits per heavy atom. The van der Waals surface area contributed by atoms with E-state index in [1.807, 2.05) is 25.1 Å². The van der Waals surface area contributed by atoms with E-state index < -0.39 is 0 Å². The first-order chi connectivity index (χ1) is 15.1. The highest BCUT2D eigenvalue weighted by Crippen LogP contribution is 2.13. The Labute approximate surface area is 184 Å². The maximum absolute atomic E-state index is 13.2. The van der Waals surface area contributed by atoms with Gasteiger partial charge in [0.1, 0.15) is 18.2 Å². The van der Waals surface area contributed by atoms with Crippen LogP contribution in [0.3, 0.4) is 0 Å². The number of aliphatic imine (C=N–C) groups is 1. The molecule has 0 atom stereocenters. The number of rotatable bonds is 9. The summed E-state index contributed by atoms with van der Waals surface area (Å²) in [6, 6.07) is 13.0. The third-order valence-corrected chi connectivity index (χ3v) is 5.35. The highest BCUT2D eigenvalue weighted by molar-refractivity contribution is 5.79. The van der Waals surface area contributed by atoms with Crippen LogP contribution >= 0.6 is 0 Å². The molecule has 0 saturated carbocycles. The van der Waals surface area contributed by atoms with Crippen LogP contribution < -0.4 is 15.4 Å². The molecular weight excluding hydrogens is 395 g/mol. The van der Waals surface area contributed by atoms with E-state index in [0.717, 1.165) is 74.2 Å². The normalized spacial score (nSPS) is 15.0. The first kappa shape index (κ1) is 23.0. The van der Waals surface area contributed by atoms with Crippen molar-refractivity contribution in [2.24, 2.45) is 4.99 Å². The van der Waals surface area contributed by atoms with E-state index in [4.69, 9.17) is 9.47 Å². The molecule has 1 aliphatic heterocycles. The predicted molar refractivity (Wildman–Crippen MR) is 122 cm³/mol. The van der Waals surface area contributed by atoms with Gasteiger partial charge in [-0.1, -0.05) is 18.2 Å². The van der Waals surface area contributed by atoms with Crippen LogP contribution in [-0.4, -0.2) is 63.9 Å². The van der Waals surface area contributed by atoms with Gasteiger partial charge < -0.3 is 20.1 Å². The number of nitrogens with one attached hydrogen (secondary N) is 2. The van der Waals surface area contributed by atoms with Gasteiger partial charge in [-0.25, -0.2) is 4.39 Å². The van der Waals surface area contributed by atoms with Gasteiger partial charge in [0.05, 0.1) is 13.2 Å². The largest absolute Gasteiger partial charge is 0.492 e. The number of nitrogens with zero attached hydrogens (tertiary/aromatic N) is 2. The molecule has 31 heavy (non-hydrogen) atoms. The summed E-state index contributed by atoms with van der Waals surface area (Å²) in [4.78, 5) is 6.64. The molecule has 2 aromatic carbocycles. The van der Waals surface area contributed by atoms with Crippen LogP contribution in [0, 0.1) is 12.7 Å². The molecule has 0 aromatic heterocycles. The Bertz CT molecular complexity index is 853. The third-order valence-electron chi connectivity index (χ3n) is 5.35. The van der Waals surface area contributed by atoms with E-state index in [9.17, 15) is 4.39 Å². The van der Waals surface area contributed by atoms with Crippen LogP contribution in [0.1, 0.15) is 16.7 Å². The molecule has 1 saturated heterocycles. The van der Waals surface area contributed by atoms with Crippen molar-refractivity contribution in [2.75, 3.05) is 53.0 Å². The van der Waals surface area contributed by atoms with Crippen molar-refractivity contribution in [2.45, 2.75) is 19.9 Å². The number of hydrogen-bond donors (Lipinski definition) is 2. The molecule has 1 heterocycles. The van der Waals surface area contributed by atoms with Gasteiger partial charge in [-0.3, -0.25) is 9.89 Å². The number of halogens is 1. The van der Waals surface area contributed by atoms with Gasteiger partial charge in [-0.15, -0.1) is 0 Å². The summed E-state index contributed by atoms with van der Waals surface area (Å²) < 4.78 is 24.5. The molecule has 0 unspecified atom stereocenters. The van der Waals surface area contributed by atoms with E-state index >= 15 is 0 Å². The smallest absolute Gasteiger partial charge is 0.191 e. The highest BCUT2D eigenvalue weighted by Gasteiger charge is 2.10. The zero-order chi connectivity index (χ0) is 21.9. The summed E-state index contributed by atoms with van der Waals surface area (Å²) in [6.45, 7) is 8.44. The van der Waals surface area contributed by atoms with Crippen LogP contribution in [0.2, 0.25) is 0 Å². The van der Waals surface area contributed by atoms with E-state index in [-0.39, 0.29) is 5.82 Å². The Balaban J connectivity index is 1.39. The van der Waals surface area contributed by atoms with Crippen molar-refractivity contribution in [3.63, 3.8) is 0 Å². The minimum atomic E-state index is -0.195. The molecule has 3 rings (SSSR count). The molecular formula is C24H33FN4O2. The molecule has 2 N–H and O–H groups in total. The second-order valence-electron chi connectivity index (χ2n) is 7.62. The topological polar surface area (TPSA) is 58.1 Å². The second-order valence-corrected chi connectivity index (χ2v) is 7.62. The first-order valence-electron chi connectivity index (χ1n) is 10.9. The van der Waals surface area contributed by atoms with Crippen molar-refractivity contribution >= 4 is 5.96 Å². The van der Waals surface area contributed by atoms with Crippen LogP contribution in [0.4, 0.5) is 4.39 Å². The molecule has 168 valence electrons. The van der Waals surface area contributed by atoms with Crippen molar-refractivity contribution in [3.05, 3.63) is 65.0 Å². The minimum absolute atomic E-state index is 0.195. The van der Waals surface area contributed by atoms with Crippen molar-refractivity contribution in [1.82, 2.24) is 15.5 Å². The monoisotopic (exact) mass is 428 g/mol. The van der Waals surface area contributed by atoms with E-state index in [1.54, 1.807) is 13.1 Å². The number of hydrogen-bond acceptors (Lipinski definition) is 4. The van der Waals surface area contributed by atoms with Gasteiger partial charge in [-0.2, -0.15) is 0 Å². The molecule has 1 aliphatic rings. The number of ether oxygens (including phenoxy) is 2. The molecule has 2 aromatic rings. The van der Waals surface area contributed by atoms with E-state index in [0.29, 0.717) is 13.2 Å². The zero-order valence-electron chi connectivity index (χ0n) is 18.5. The van der Waals surface area contributed by atoms with Gasteiger partial charge >= 0.3 is 0 Å². The van der Waals surface area contributed by atoms with E-state index in [1.165, 1.54) is 6.07 Å². The van der Waals surface area contributed by atoms with Crippen LogP contribution in [0.5, 0.6) is 5.75 Å². The Kier molecular flexibility index (Phi) is 9.12. The molecule has 0 radical (unpaired) electrons. The lowest BCUT2D eigenvalue weighted by atomic mass is 10.1. The fourth-order valence-electron chi connectivity index (χ4n) is 3.52. The number of aryl methyl sites for hydroxylation is 1. The summed E-state index contributed by atoms with van der Waals surface area (Å²) >= 11 is 0. The lowest BCUT2D eigenvalue weighted by molar-refractivity contribution is 0.0322. The molecule has 0 aliphatic carbocycles.